The van der Waals surface area contributed by atoms with E-state index in [0.29, 0.717) is 0 Å². The monoisotopic (exact) mass is 570 g/mol. The molecule has 0 amide bonds. The molecule has 0 radical (unpaired) electrons. The zero-order chi connectivity index (χ0) is 23.9. The molecule has 0 aliphatic carbocycles. The molecular formula is C30H18S6. The second-order valence-electron chi connectivity index (χ2n) is 8.22. The Morgan fingerprint density at radius 3 is 0.944 bits per heavy atom. The molecule has 6 heteroatoms. The maximum absolute atomic E-state index is 2.39. The van der Waals surface area contributed by atoms with Gasteiger partial charge in [0.25, 0.3) is 0 Å². The summed E-state index contributed by atoms with van der Waals surface area (Å²) in [5, 5.41) is 13.2. The highest BCUT2D eigenvalue weighted by molar-refractivity contribution is 7.22. The van der Waals surface area contributed by atoms with E-state index in [2.05, 4.69) is 105 Å². The van der Waals surface area contributed by atoms with Crippen LogP contribution in [-0.2, 0) is 0 Å². The van der Waals surface area contributed by atoms with E-state index in [-0.39, 0.29) is 0 Å². The van der Waals surface area contributed by atoms with E-state index >= 15 is 0 Å². The Morgan fingerprint density at radius 1 is 0.333 bits per heavy atom. The van der Waals surface area contributed by atoms with E-state index in [1.807, 2.05) is 68.0 Å². The van der Waals surface area contributed by atoms with Gasteiger partial charge in [0, 0.05) is 31.3 Å². The molecule has 6 heterocycles. The molecule has 0 N–H and O–H groups in total. The van der Waals surface area contributed by atoms with Gasteiger partial charge in [-0.1, -0.05) is 18.2 Å². The SMILES string of the molecule is c1csc(-c2sccc2-c2cc(-c3ccsc3-c3cccs3)cc(-c3ccsc3-c3cccs3)c2)c1. The lowest BCUT2D eigenvalue weighted by Gasteiger charge is -2.12. The molecule has 7 aromatic rings. The Labute approximate surface area is 234 Å². The largest absolute Gasteiger partial charge is 0.143 e. The highest BCUT2D eigenvalue weighted by atomic mass is 32.1. The minimum Gasteiger partial charge on any atom is -0.143 e. The highest BCUT2D eigenvalue weighted by Gasteiger charge is 2.18. The average Bonchev–Trinajstić information content (AvgIpc) is 3.76. The molecule has 36 heavy (non-hydrogen) atoms. The lowest BCUT2D eigenvalue weighted by molar-refractivity contribution is 1.63. The fourth-order valence-electron chi connectivity index (χ4n) is 4.50. The molecule has 1 aromatic carbocycles. The number of thiophene rings is 6. The molecule has 0 saturated carbocycles. The number of hydrogen-bond acceptors (Lipinski definition) is 6. The van der Waals surface area contributed by atoms with Crippen molar-refractivity contribution in [3.63, 3.8) is 0 Å². The normalized spacial score (nSPS) is 11.3. The van der Waals surface area contributed by atoms with E-state index in [9.17, 15) is 0 Å². The molecule has 0 aliphatic rings. The van der Waals surface area contributed by atoms with E-state index in [4.69, 9.17) is 0 Å². The molecule has 0 aliphatic heterocycles. The summed E-state index contributed by atoms with van der Waals surface area (Å²) >= 11 is 10.9. The van der Waals surface area contributed by atoms with Crippen LogP contribution in [0.5, 0.6) is 0 Å². The van der Waals surface area contributed by atoms with Gasteiger partial charge >= 0.3 is 0 Å². The van der Waals surface area contributed by atoms with Gasteiger partial charge in [-0.25, -0.2) is 0 Å². The van der Waals surface area contributed by atoms with Crippen LogP contribution >= 0.6 is 68.0 Å². The maximum Gasteiger partial charge on any atom is 0.0520 e. The van der Waals surface area contributed by atoms with E-state index in [1.54, 1.807) is 0 Å². The Hall–Kier alpha value is -2.58. The minimum absolute atomic E-state index is 1.28. The van der Waals surface area contributed by atoms with Gasteiger partial charge in [-0.05, 0) is 104 Å². The van der Waals surface area contributed by atoms with Crippen molar-refractivity contribution in [1.82, 2.24) is 0 Å². The van der Waals surface area contributed by atoms with E-state index in [1.165, 1.54) is 62.6 Å². The molecule has 7 rings (SSSR count). The van der Waals surface area contributed by atoms with E-state index < -0.39 is 0 Å². The van der Waals surface area contributed by atoms with Crippen LogP contribution < -0.4 is 0 Å². The zero-order valence-corrected chi connectivity index (χ0v) is 23.7. The van der Waals surface area contributed by atoms with Crippen LogP contribution in [0.4, 0.5) is 0 Å². The first-order valence-corrected chi connectivity index (χ1v) is 16.6. The third-order valence-electron chi connectivity index (χ3n) is 6.10. The van der Waals surface area contributed by atoms with Gasteiger partial charge in [-0.2, -0.15) is 0 Å². The van der Waals surface area contributed by atoms with Gasteiger partial charge in [0.15, 0.2) is 0 Å². The molecule has 6 aromatic heterocycles. The van der Waals surface area contributed by atoms with Gasteiger partial charge < -0.3 is 0 Å². The summed E-state index contributed by atoms with van der Waals surface area (Å²) < 4.78 is 0. The number of hydrogen-bond donors (Lipinski definition) is 0. The Balaban J connectivity index is 1.45. The van der Waals surface area contributed by atoms with Crippen LogP contribution in [0, 0.1) is 0 Å². The molecule has 0 unspecified atom stereocenters. The second kappa shape index (κ2) is 9.71. The van der Waals surface area contributed by atoms with Crippen molar-refractivity contribution in [3.05, 3.63) is 105 Å². The third kappa shape index (κ3) is 4.08. The van der Waals surface area contributed by atoms with Crippen LogP contribution in [0.2, 0.25) is 0 Å². The van der Waals surface area contributed by atoms with Gasteiger partial charge in [-0.3, -0.25) is 0 Å². The standard InChI is InChI=1S/C30H18S6/c1-4-25(31-10-1)28-22(7-13-34-28)19-16-20(23-8-14-35-29(23)26-5-2-11-32-26)18-21(17-19)24-9-15-36-30(24)27-6-3-12-33-27/h1-18H. The van der Waals surface area contributed by atoms with Crippen molar-refractivity contribution in [2.45, 2.75) is 0 Å². The fourth-order valence-corrected chi connectivity index (χ4v) is 9.91. The smallest absolute Gasteiger partial charge is 0.0520 e. The number of benzene rings is 1. The first-order chi connectivity index (χ1) is 17.8. The molecular weight excluding hydrogens is 553 g/mol. The van der Waals surface area contributed by atoms with Crippen molar-refractivity contribution in [1.29, 1.82) is 0 Å². The summed E-state index contributed by atoms with van der Waals surface area (Å²) in [5.41, 5.74) is 7.76. The van der Waals surface area contributed by atoms with Crippen LogP contribution in [0.1, 0.15) is 0 Å². The van der Waals surface area contributed by atoms with Crippen molar-refractivity contribution < 1.29 is 0 Å². The molecule has 0 fully saturated rings. The third-order valence-corrected chi connectivity index (χ3v) is 12.0. The minimum atomic E-state index is 1.28. The first kappa shape index (κ1) is 22.6. The summed E-state index contributed by atoms with van der Waals surface area (Å²) in [6, 6.07) is 27.1. The van der Waals surface area contributed by atoms with Crippen LogP contribution in [-0.4, -0.2) is 0 Å². The topological polar surface area (TPSA) is 0 Å². The van der Waals surface area contributed by atoms with Gasteiger partial charge in [0.2, 0.25) is 0 Å². The molecule has 174 valence electrons. The molecule has 0 spiro atoms. The zero-order valence-electron chi connectivity index (χ0n) is 18.8. The lowest BCUT2D eigenvalue weighted by Crippen LogP contribution is -1.86. The average molecular weight is 571 g/mol. The summed E-state index contributed by atoms with van der Waals surface area (Å²) in [4.78, 5) is 8.03. The maximum atomic E-state index is 2.39. The van der Waals surface area contributed by atoms with Gasteiger partial charge in [0.1, 0.15) is 0 Å². The second-order valence-corrected chi connectivity index (χ2v) is 13.8. The van der Waals surface area contributed by atoms with Crippen LogP contribution in [0.15, 0.2) is 105 Å². The fraction of sp³-hybridized carbons (Fsp3) is 0. The van der Waals surface area contributed by atoms with Crippen molar-refractivity contribution in [2.75, 3.05) is 0 Å². The summed E-state index contributed by atoms with van der Waals surface area (Å²) in [7, 11) is 0. The summed E-state index contributed by atoms with van der Waals surface area (Å²) in [6.07, 6.45) is 0. The van der Waals surface area contributed by atoms with Crippen molar-refractivity contribution in [2.24, 2.45) is 0 Å². The van der Waals surface area contributed by atoms with Crippen molar-refractivity contribution >= 4 is 68.0 Å². The van der Waals surface area contributed by atoms with Crippen molar-refractivity contribution in [3.8, 4) is 62.6 Å². The summed E-state index contributed by atoms with van der Waals surface area (Å²) in [5.74, 6) is 0. The van der Waals surface area contributed by atoms with Gasteiger partial charge in [0.05, 0.1) is 14.6 Å². The van der Waals surface area contributed by atoms with E-state index in [0.717, 1.165) is 0 Å². The molecule has 0 bridgehead atoms. The predicted octanol–water partition coefficient (Wildman–Crippen LogP) is 12.1. The first-order valence-electron chi connectivity index (χ1n) is 11.4. The molecule has 0 nitrogen and oxygen atoms in total. The Bertz CT molecular complexity index is 1500. The highest BCUT2D eigenvalue weighted by Crippen LogP contribution is 2.46. The Kier molecular flexibility index (Phi) is 6.10. The van der Waals surface area contributed by atoms with Crippen LogP contribution in [0.3, 0.4) is 0 Å². The summed E-state index contributed by atoms with van der Waals surface area (Å²) in [6.45, 7) is 0. The molecule has 0 saturated heterocycles. The van der Waals surface area contributed by atoms with Gasteiger partial charge in [-0.15, -0.1) is 68.0 Å². The van der Waals surface area contributed by atoms with Crippen LogP contribution in [0.25, 0.3) is 62.6 Å². The predicted molar refractivity (Wildman–Crippen MR) is 166 cm³/mol. The number of rotatable bonds is 6. The lowest BCUT2D eigenvalue weighted by atomic mass is 9.93. The quantitative estimate of drug-likeness (QED) is 0.186. The Morgan fingerprint density at radius 2 is 0.667 bits per heavy atom. The molecule has 0 atom stereocenters.